The lowest BCUT2D eigenvalue weighted by atomic mass is 10.2. The van der Waals surface area contributed by atoms with E-state index in [2.05, 4.69) is 10.3 Å². The van der Waals surface area contributed by atoms with Crippen molar-refractivity contribution in [2.45, 2.75) is 32.0 Å². The molecule has 0 unspecified atom stereocenters. The van der Waals surface area contributed by atoms with Gasteiger partial charge in [0.05, 0.1) is 19.1 Å². The first kappa shape index (κ1) is 13.0. The van der Waals surface area contributed by atoms with Gasteiger partial charge in [-0.3, -0.25) is 15.1 Å². The summed E-state index contributed by atoms with van der Waals surface area (Å²) in [6.45, 7) is 1.37. The van der Waals surface area contributed by atoms with E-state index in [4.69, 9.17) is 14.7 Å². The number of rotatable bonds is 6. The Morgan fingerprint density at radius 3 is 2.80 bits per heavy atom. The molecule has 3 N–H and O–H groups in total. The van der Waals surface area contributed by atoms with Crippen molar-refractivity contribution in [3.63, 3.8) is 0 Å². The van der Waals surface area contributed by atoms with E-state index in [0.29, 0.717) is 12.6 Å². The highest BCUT2D eigenvalue weighted by Crippen LogP contribution is 2.30. The van der Waals surface area contributed by atoms with Crippen LogP contribution in [0.25, 0.3) is 0 Å². The van der Waals surface area contributed by atoms with Crippen molar-refractivity contribution in [3.8, 4) is 0 Å². The molecular formula is C14H17N3O3. The maximum absolute atomic E-state index is 11.6. The van der Waals surface area contributed by atoms with E-state index in [-0.39, 0.29) is 5.76 Å². The summed E-state index contributed by atoms with van der Waals surface area (Å²) in [4.78, 5) is 13.9. The summed E-state index contributed by atoms with van der Waals surface area (Å²) in [5, 5.41) is 0. The van der Waals surface area contributed by atoms with Crippen LogP contribution in [-0.4, -0.2) is 16.8 Å². The van der Waals surface area contributed by atoms with Crippen LogP contribution >= 0.6 is 0 Å². The van der Waals surface area contributed by atoms with Gasteiger partial charge in [0.15, 0.2) is 5.76 Å². The van der Waals surface area contributed by atoms with E-state index >= 15 is 0 Å². The molecular weight excluding hydrogens is 258 g/mol. The minimum atomic E-state index is -0.404. The van der Waals surface area contributed by atoms with Gasteiger partial charge in [0.1, 0.15) is 5.76 Å². The van der Waals surface area contributed by atoms with Gasteiger partial charge in [-0.1, -0.05) is 0 Å². The highest BCUT2D eigenvalue weighted by Gasteiger charge is 2.30. The highest BCUT2D eigenvalue weighted by atomic mass is 16.3. The summed E-state index contributed by atoms with van der Waals surface area (Å²) >= 11 is 0. The third kappa shape index (κ3) is 2.76. The lowest BCUT2D eigenvalue weighted by Crippen LogP contribution is -2.31. The molecule has 1 amide bonds. The molecule has 1 aliphatic carbocycles. The third-order valence-corrected chi connectivity index (χ3v) is 3.46. The summed E-state index contributed by atoms with van der Waals surface area (Å²) in [6, 6.07) is 6.19. The summed E-state index contributed by atoms with van der Waals surface area (Å²) in [5.74, 6) is 5.95. The molecule has 0 saturated heterocycles. The second-order valence-corrected chi connectivity index (χ2v) is 4.96. The van der Waals surface area contributed by atoms with Crippen molar-refractivity contribution in [2.75, 3.05) is 0 Å². The molecule has 2 heterocycles. The zero-order valence-electron chi connectivity index (χ0n) is 11.0. The molecule has 0 bridgehead atoms. The van der Waals surface area contributed by atoms with Gasteiger partial charge in [0.2, 0.25) is 0 Å². The number of furan rings is 2. The Morgan fingerprint density at radius 1 is 1.30 bits per heavy atom. The third-order valence-electron chi connectivity index (χ3n) is 3.46. The molecule has 0 atom stereocenters. The molecule has 0 aliphatic heterocycles. The number of hydrogen-bond acceptors (Lipinski definition) is 5. The highest BCUT2D eigenvalue weighted by molar-refractivity contribution is 5.92. The molecule has 0 radical (unpaired) electrons. The Morgan fingerprint density at radius 2 is 2.15 bits per heavy atom. The largest absolute Gasteiger partial charge is 0.468 e. The van der Waals surface area contributed by atoms with Crippen molar-refractivity contribution in [1.29, 1.82) is 0 Å². The average Bonchev–Trinajstić information content (AvgIpc) is 2.99. The molecule has 6 heteroatoms. The molecule has 1 aliphatic rings. The van der Waals surface area contributed by atoms with Crippen molar-refractivity contribution in [1.82, 2.24) is 10.3 Å². The Hall–Kier alpha value is -2.05. The van der Waals surface area contributed by atoms with Gasteiger partial charge in [-0.2, -0.15) is 0 Å². The lowest BCUT2D eigenvalue weighted by molar-refractivity contribution is 0.0922. The minimum Gasteiger partial charge on any atom is -0.468 e. The van der Waals surface area contributed by atoms with Crippen LogP contribution in [0.2, 0.25) is 0 Å². The number of nitrogens with two attached hydrogens (primary N) is 1. The van der Waals surface area contributed by atoms with Crippen LogP contribution in [0.15, 0.2) is 39.6 Å². The van der Waals surface area contributed by atoms with Crippen molar-refractivity contribution in [2.24, 2.45) is 5.84 Å². The van der Waals surface area contributed by atoms with Crippen LogP contribution in [0.1, 0.15) is 34.7 Å². The number of carbonyl (C=O) groups excluding carboxylic acids is 1. The van der Waals surface area contributed by atoms with Crippen LogP contribution in [-0.2, 0) is 13.1 Å². The second-order valence-electron chi connectivity index (χ2n) is 4.96. The number of nitrogen functional groups attached to an aromatic ring is 1. The van der Waals surface area contributed by atoms with E-state index < -0.39 is 5.91 Å². The monoisotopic (exact) mass is 275 g/mol. The standard InChI is InChI=1S/C14H17N3O3/c15-16-14(18)13-10(5-7-20-13)8-17(11-3-4-11)9-12-2-1-6-19-12/h1-2,5-7,11H,3-4,8-9,15H2,(H,16,18). The predicted octanol–water partition coefficient (Wildman–Crippen LogP) is 1.64. The van der Waals surface area contributed by atoms with Gasteiger partial charge in [0.25, 0.3) is 0 Å². The molecule has 20 heavy (non-hydrogen) atoms. The Bertz CT molecular complexity index is 572. The summed E-state index contributed by atoms with van der Waals surface area (Å²) < 4.78 is 10.6. The molecule has 0 spiro atoms. The predicted molar refractivity (Wildman–Crippen MR) is 71.3 cm³/mol. The SMILES string of the molecule is NNC(=O)c1occc1CN(Cc1ccco1)C1CC1. The maximum atomic E-state index is 11.6. The zero-order chi connectivity index (χ0) is 13.9. The van der Waals surface area contributed by atoms with Crippen LogP contribution in [0, 0.1) is 0 Å². The van der Waals surface area contributed by atoms with Crippen LogP contribution in [0.3, 0.4) is 0 Å². The first-order chi connectivity index (χ1) is 9.78. The molecule has 1 saturated carbocycles. The molecule has 6 nitrogen and oxygen atoms in total. The molecule has 2 aromatic heterocycles. The smallest absolute Gasteiger partial charge is 0.301 e. The fourth-order valence-electron chi connectivity index (χ4n) is 2.30. The average molecular weight is 275 g/mol. The first-order valence-corrected chi connectivity index (χ1v) is 6.61. The lowest BCUT2D eigenvalue weighted by Gasteiger charge is -2.20. The summed E-state index contributed by atoms with van der Waals surface area (Å²) in [5.41, 5.74) is 2.94. The van der Waals surface area contributed by atoms with Gasteiger partial charge in [-0.05, 0) is 31.0 Å². The molecule has 106 valence electrons. The molecule has 2 aromatic rings. The van der Waals surface area contributed by atoms with Crippen molar-refractivity contribution >= 4 is 5.91 Å². The summed E-state index contributed by atoms with van der Waals surface area (Å²) in [7, 11) is 0. The Balaban J connectivity index is 1.73. The molecule has 0 aromatic carbocycles. The first-order valence-electron chi connectivity index (χ1n) is 6.61. The van der Waals surface area contributed by atoms with Gasteiger partial charge >= 0.3 is 5.91 Å². The Labute approximate surface area is 116 Å². The molecule has 1 fully saturated rings. The number of carbonyl (C=O) groups is 1. The van der Waals surface area contributed by atoms with E-state index in [1.165, 1.54) is 19.1 Å². The summed E-state index contributed by atoms with van der Waals surface area (Å²) in [6.07, 6.45) is 5.54. The number of hydrogen-bond donors (Lipinski definition) is 2. The van der Waals surface area contributed by atoms with E-state index in [1.807, 2.05) is 18.2 Å². The normalized spacial score (nSPS) is 14.7. The zero-order valence-corrected chi connectivity index (χ0v) is 11.0. The van der Waals surface area contributed by atoms with E-state index in [1.54, 1.807) is 6.26 Å². The van der Waals surface area contributed by atoms with E-state index in [9.17, 15) is 4.79 Å². The van der Waals surface area contributed by atoms with Crippen LogP contribution < -0.4 is 11.3 Å². The van der Waals surface area contributed by atoms with Gasteiger partial charge in [-0.15, -0.1) is 0 Å². The minimum absolute atomic E-state index is 0.276. The van der Waals surface area contributed by atoms with E-state index in [0.717, 1.165) is 17.9 Å². The quantitative estimate of drug-likeness (QED) is 0.475. The van der Waals surface area contributed by atoms with Crippen LogP contribution in [0.5, 0.6) is 0 Å². The number of hydrazine groups is 1. The van der Waals surface area contributed by atoms with Crippen molar-refractivity contribution < 1.29 is 13.6 Å². The van der Waals surface area contributed by atoms with Gasteiger partial charge < -0.3 is 8.83 Å². The number of nitrogens with one attached hydrogen (secondary N) is 1. The number of nitrogens with zero attached hydrogens (tertiary/aromatic N) is 1. The van der Waals surface area contributed by atoms with Crippen LogP contribution in [0.4, 0.5) is 0 Å². The number of amides is 1. The molecule has 3 rings (SSSR count). The topological polar surface area (TPSA) is 84.6 Å². The maximum Gasteiger partial charge on any atom is 0.301 e. The van der Waals surface area contributed by atoms with Gasteiger partial charge in [0, 0.05) is 18.2 Å². The Kier molecular flexibility index (Phi) is 3.58. The fraction of sp³-hybridized carbons (Fsp3) is 0.357. The van der Waals surface area contributed by atoms with Gasteiger partial charge in [-0.25, -0.2) is 5.84 Å². The fourth-order valence-corrected chi connectivity index (χ4v) is 2.30. The van der Waals surface area contributed by atoms with Crippen molar-refractivity contribution in [3.05, 3.63) is 47.8 Å². The second kappa shape index (κ2) is 5.52.